The number of hydrogen-bond acceptors (Lipinski definition) is 3. The van der Waals surface area contributed by atoms with Gasteiger partial charge in [0.1, 0.15) is 6.10 Å². The van der Waals surface area contributed by atoms with E-state index in [1.165, 1.54) is 24.8 Å². The van der Waals surface area contributed by atoms with Gasteiger partial charge in [0.2, 0.25) is 0 Å². The molecule has 0 aromatic heterocycles. The van der Waals surface area contributed by atoms with Gasteiger partial charge in [0.15, 0.2) is 5.76 Å². The van der Waals surface area contributed by atoms with Crippen molar-refractivity contribution in [3.05, 3.63) is 76.5 Å². The lowest BCUT2D eigenvalue weighted by Crippen LogP contribution is -2.54. The zero-order chi connectivity index (χ0) is 25.1. The molecular weight excluding hydrogens is 448 g/mol. The Morgan fingerprint density at radius 1 is 0.972 bits per heavy atom. The number of hydrogen-bond donors (Lipinski definition) is 1. The van der Waals surface area contributed by atoms with Gasteiger partial charge in [-0.1, -0.05) is 68.1 Å². The molecule has 0 radical (unpaired) electrons. The maximum absolute atomic E-state index is 13.6. The van der Waals surface area contributed by atoms with Crippen molar-refractivity contribution in [1.29, 1.82) is 0 Å². The number of carbonyl (C=O) groups is 2. The quantitative estimate of drug-likeness (QED) is 0.526. The molecule has 3 aliphatic rings. The fourth-order valence-electron chi connectivity index (χ4n) is 5.92. The maximum atomic E-state index is 13.6. The third kappa shape index (κ3) is 5.50. The molecule has 190 valence electrons. The molecule has 0 spiro atoms. The molecule has 1 N–H and O–H groups in total. The number of nitrogens with one attached hydrogen (secondary N) is 1. The highest BCUT2D eigenvalue weighted by Crippen LogP contribution is 2.34. The summed E-state index contributed by atoms with van der Waals surface area (Å²) in [5.41, 5.74) is 3.88. The number of nitrogens with zero attached hydrogens (tertiary/aromatic N) is 1. The molecule has 2 aromatic rings. The molecule has 1 saturated heterocycles. The lowest BCUT2D eigenvalue weighted by Gasteiger charge is -2.44. The van der Waals surface area contributed by atoms with E-state index in [1.807, 2.05) is 35.2 Å². The van der Waals surface area contributed by atoms with Gasteiger partial charge in [0.05, 0.1) is 6.04 Å². The van der Waals surface area contributed by atoms with Crippen molar-refractivity contribution >= 4 is 17.9 Å². The van der Waals surface area contributed by atoms with Crippen molar-refractivity contribution < 1.29 is 14.3 Å². The van der Waals surface area contributed by atoms with E-state index in [0.717, 1.165) is 43.2 Å². The van der Waals surface area contributed by atoms with E-state index in [0.29, 0.717) is 23.8 Å². The highest BCUT2D eigenvalue weighted by atomic mass is 16.5. The van der Waals surface area contributed by atoms with Crippen LogP contribution in [0.3, 0.4) is 0 Å². The fourth-order valence-corrected chi connectivity index (χ4v) is 5.92. The number of rotatable bonds is 5. The molecule has 36 heavy (non-hydrogen) atoms. The summed E-state index contributed by atoms with van der Waals surface area (Å²) in [6, 6.07) is 16.3. The van der Waals surface area contributed by atoms with Gasteiger partial charge in [-0.05, 0) is 74.3 Å². The number of benzene rings is 2. The second kappa shape index (κ2) is 10.9. The Morgan fingerprint density at radius 2 is 1.67 bits per heavy atom. The zero-order valence-corrected chi connectivity index (χ0v) is 21.5. The second-order valence-electron chi connectivity index (χ2n) is 10.9. The van der Waals surface area contributed by atoms with Crippen molar-refractivity contribution in [2.45, 2.75) is 89.9 Å². The van der Waals surface area contributed by atoms with E-state index in [-0.39, 0.29) is 30.0 Å². The molecule has 2 amide bonds. The number of amides is 2. The minimum Gasteiger partial charge on any atom is -0.482 e. The first-order chi connectivity index (χ1) is 17.5. The fraction of sp³-hybridized carbons (Fsp3) is 0.484. The van der Waals surface area contributed by atoms with E-state index >= 15 is 0 Å². The van der Waals surface area contributed by atoms with Crippen LogP contribution in [-0.2, 0) is 16.1 Å². The minimum absolute atomic E-state index is 0.0210. The molecule has 2 saturated carbocycles. The first-order valence-corrected chi connectivity index (χ1v) is 13.6. The summed E-state index contributed by atoms with van der Waals surface area (Å²) in [6.07, 6.45) is 10.7. The standard InChI is InChI=1S/C31H38N2O3/c1-21-11-13-24(14-12-21)20-33-27-9-5-6-10-28(27)36-29(31(33)35)19-23-15-17-25(18-16-23)30(34)32-26-8-4-3-7-22(26)2/h11-19,22,26-28H,3-10,20H2,1-2H3,(H,32,34)/b29-19+. The van der Waals surface area contributed by atoms with Gasteiger partial charge in [-0.25, -0.2) is 0 Å². The Morgan fingerprint density at radius 3 is 2.42 bits per heavy atom. The number of ether oxygens (including phenoxy) is 1. The largest absolute Gasteiger partial charge is 0.482 e. The lowest BCUT2D eigenvalue weighted by molar-refractivity contribution is -0.149. The Kier molecular flexibility index (Phi) is 7.45. The molecular formula is C31H38N2O3. The summed E-state index contributed by atoms with van der Waals surface area (Å²) >= 11 is 0. The Labute approximate surface area is 214 Å². The molecule has 5 nitrogen and oxygen atoms in total. The van der Waals surface area contributed by atoms with Gasteiger partial charge in [0, 0.05) is 18.2 Å². The minimum atomic E-state index is -0.0492. The van der Waals surface area contributed by atoms with Gasteiger partial charge in [-0.2, -0.15) is 0 Å². The van der Waals surface area contributed by atoms with Crippen LogP contribution in [0.25, 0.3) is 6.08 Å². The van der Waals surface area contributed by atoms with Crippen LogP contribution in [0.2, 0.25) is 0 Å². The molecule has 3 fully saturated rings. The van der Waals surface area contributed by atoms with Crippen molar-refractivity contribution in [2.75, 3.05) is 0 Å². The van der Waals surface area contributed by atoms with Crippen molar-refractivity contribution in [3.8, 4) is 0 Å². The van der Waals surface area contributed by atoms with Crippen LogP contribution in [0, 0.1) is 12.8 Å². The van der Waals surface area contributed by atoms with Crippen LogP contribution >= 0.6 is 0 Å². The lowest BCUT2D eigenvalue weighted by atomic mass is 9.86. The Balaban J connectivity index is 1.31. The SMILES string of the molecule is Cc1ccc(CN2C(=O)/C(=C\c3ccc(C(=O)NC4CCCCC4C)cc3)OC3CCCCC32)cc1. The molecule has 0 bridgehead atoms. The van der Waals surface area contributed by atoms with Crippen LogP contribution in [0.15, 0.2) is 54.3 Å². The van der Waals surface area contributed by atoms with Crippen molar-refractivity contribution in [3.63, 3.8) is 0 Å². The number of carbonyl (C=O) groups excluding carboxylic acids is 2. The van der Waals surface area contributed by atoms with Gasteiger partial charge >= 0.3 is 0 Å². The molecule has 2 aliphatic carbocycles. The molecule has 2 aromatic carbocycles. The highest BCUT2D eigenvalue weighted by molar-refractivity contribution is 5.97. The van der Waals surface area contributed by atoms with E-state index < -0.39 is 0 Å². The van der Waals surface area contributed by atoms with E-state index in [2.05, 4.69) is 43.4 Å². The van der Waals surface area contributed by atoms with E-state index in [9.17, 15) is 9.59 Å². The summed E-state index contributed by atoms with van der Waals surface area (Å²) < 4.78 is 6.27. The summed E-state index contributed by atoms with van der Waals surface area (Å²) in [6.45, 7) is 4.90. The average Bonchev–Trinajstić information content (AvgIpc) is 2.89. The molecule has 4 unspecified atom stereocenters. The van der Waals surface area contributed by atoms with E-state index in [4.69, 9.17) is 4.74 Å². The molecule has 4 atom stereocenters. The maximum Gasteiger partial charge on any atom is 0.289 e. The van der Waals surface area contributed by atoms with Crippen LogP contribution in [0.4, 0.5) is 0 Å². The third-order valence-electron chi connectivity index (χ3n) is 8.19. The van der Waals surface area contributed by atoms with Gasteiger partial charge < -0.3 is 15.0 Å². The summed E-state index contributed by atoms with van der Waals surface area (Å²) in [5.74, 6) is 0.852. The highest BCUT2D eigenvalue weighted by Gasteiger charge is 2.41. The Hall–Kier alpha value is -3.08. The van der Waals surface area contributed by atoms with Gasteiger partial charge in [0.25, 0.3) is 11.8 Å². The summed E-state index contributed by atoms with van der Waals surface area (Å²) in [5, 5.41) is 3.22. The van der Waals surface area contributed by atoms with Crippen LogP contribution < -0.4 is 5.32 Å². The summed E-state index contributed by atoms with van der Waals surface area (Å²) in [4.78, 5) is 28.4. The van der Waals surface area contributed by atoms with Crippen LogP contribution in [-0.4, -0.2) is 34.9 Å². The van der Waals surface area contributed by atoms with Gasteiger partial charge in [-0.3, -0.25) is 9.59 Å². The smallest absolute Gasteiger partial charge is 0.289 e. The second-order valence-corrected chi connectivity index (χ2v) is 10.9. The predicted molar refractivity (Wildman–Crippen MR) is 142 cm³/mol. The van der Waals surface area contributed by atoms with Crippen molar-refractivity contribution in [2.24, 2.45) is 5.92 Å². The van der Waals surface area contributed by atoms with Crippen LogP contribution in [0.1, 0.15) is 85.3 Å². The molecule has 1 heterocycles. The van der Waals surface area contributed by atoms with Crippen molar-refractivity contribution in [1.82, 2.24) is 10.2 Å². The third-order valence-corrected chi connectivity index (χ3v) is 8.19. The van der Waals surface area contributed by atoms with Crippen LogP contribution in [0.5, 0.6) is 0 Å². The molecule has 5 heteroatoms. The monoisotopic (exact) mass is 486 g/mol. The number of aryl methyl sites for hydroxylation is 1. The zero-order valence-electron chi connectivity index (χ0n) is 21.5. The Bertz CT molecular complexity index is 1110. The topological polar surface area (TPSA) is 58.6 Å². The average molecular weight is 487 g/mol. The van der Waals surface area contributed by atoms with Gasteiger partial charge in [-0.15, -0.1) is 0 Å². The first-order valence-electron chi connectivity index (χ1n) is 13.6. The molecule has 1 aliphatic heterocycles. The summed E-state index contributed by atoms with van der Waals surface area (Å²) in [7, 11) is 0. The first kappa shape index (κ1) is 24.6. The predicted octanol–water partition coefficient (Wildman–Crippen LogP) is 6.01. The van der Waals surface area contributed by atoms with E-state index in [1.54, 1.807) is 0 Å². The molecule has 5 rings (SSSR count). The normalized spacial score (nSPS) is 27.3. The number of fused-ring (bicyclic) bond motifs is 1. The number of morpholine rings is 1.